The minimum atomic E-state index is -1.21. The van der Waals surface area contributed by atoms with Crippen LogP contribution in [0.4, 0.5) is 0 Å². The van der Waals surface area contributed by atoms with Gasteiger partial charge in [-0.3, -0.25) is 9.59 Å². The average Bonchev–Trinajstić information content (AvgIpc) is 2.15. The van der Waals surface area contributed by atoms with E-state index in [1.54, 1.807) is 0 Å². The number of carboxylic acids is 2. The lowest BCUT2D eigenvalue weighted by molar-refractivity contribution is -0.140. The highest BCUT2D eigenvalue weighted by atomic mass is 32.2. The zero-order valence-corrected chi connectivity index (χ0v) is 8.62. The molecular formula is C8H11NO5S. The maximum atomic E-state index is 10.8. The van der Waals surface area contributed by atoms with Crippen molar-refractivity contribution in [2.45, 2.75) is 6.04 Å². The molecule has 0 aliphatic heterocycles. The fraction of sp³-hybridized carbons (Fsp3) is 0.375. The fourth-order valence-corrected chi connectivity index (χ4v) is 1.42. The van der Waals surface area contributed by atoms with Crippen molar-refractivity contribution in [1.82, 2.24) is 5.32 Å². The minimum Gasteiger partial charge on any atom is -0.481 e. The van der Waals surface area contributed by atoms with E-state index >= 15 is 0 Å². The molecule has 0 fully saturated rings. The number of rotatable bonds is 7. The second kappa shape index (κ2) is 6.88. The predicted octanol–water partition coefficient (Wildman–Crippen LogP) is -0.440. The molecule has 1 amide bonds. The zero-order valence-electron chi connectivity index (χ0n) is 7.80. The number of aliphatic carboxylic acids is 2. The van der Waals surface area contributed by atoms with Gasteiger partial charge in [-0.2, -0.15) is 0 Å². The molecule has 0 aromatic heterocycles. The summed E-state index contributed by atoms with van der Waals surface area (Å²) >= 11 is 0.921. The van der Waals surface area contributed by atoms with Gasteiger partial charge in [0.15, 0.2) is 0 Å². The summed E-state index contributed by atoms with van der Waals surface area (Å²) in [6, 6.07) is -1.10. The average molecular weight is 233 g/mol. The van der Waals surface area contributed by atoms with Crippen LogP contribution in [0.2, 0.25) is 0 Å². The Morgan fingerprint density at radius 1 is 1.40 bits per heavy atom. The van der Waals surface area contributed by atoms with Gasteiger partial charge in [0.1, 0.15) is 6.04 Å². The molecule has 0 heterocycles. The van der Waals surface area contributed by atoms with Crippen LogP contribution in [0.25, 0.3) is 0 Å². The van der Waals surface area contributed by atoms with Crippen LogP contribution in [0.3, 0.4) is 0 Å². The molecule has 7 heteroatoms. The van der Waals surface area contributed by atoms with Gasteiger partial charge in [-0.25, -0.2) is 4.79 Å². The Bertz CT molecular complexity index is 278. The molecule has 6 nitrogen and oxygen atoms in total. The Kier molecular flexibility index (Phi) is 6.19. The lowest BCUT2D eigenvalue weighted by Gasteiger charge is -2.11. The maximum absolute atomic E-state index is 10.8. The highest BCUT2D eigenvalue weighted by molar-refractivity contribution is 8.00. The van der Waals surface area contributed by atoms with Gasteiger partial charge < -0.3 is 15.5 Å². The van der Waals surface area contributed by atoms with Crippen molar-refractivity contribution >= 4 is 29.6 Å². The molecule has 0 saturated carbocycles. The van der Waals surface area contributed by atoms with Crippen LogP contribution in [-0.4, -0.2) is 45.6 Å². The Hall–Kier alpha value is -1.50. The van der Waals surface area contributed by atoms with Crippen molar-refractivity contribution in [2.24, 2.45) is 0 Å². The third kappa shape index (κ3) is 6.55. The molecular weight excluding hydrogens is 222 g/mol. The number of thioether (sulfide) groups is 1. The largest absolute Gasteiger partial charge is 0.481 e. The minimum absolute atomic E-state index is 0.00120. The monoisotopic (exact) mass is 233 g/mol. The molecule has 0 radical (unpaired) electrons. The Morgan fingerprint density at radius 2 is 2.00 bits per heavy atom. The first-order valence-corrected chi connectivity index (χ1v) is 5.08. The summed E-state index contributed by atoms with van der Waals surface area (Å²) in [5, 5.41) is 19.2. The maximum Gasteiger partial charge on any atom is 0.327 e. The Morgan fingerprint density at radius 3 is 2.40 bits per heavy atom. The number of nitrogens with one attached hydrogen (secondary N) is 1. The van der Waals surface area contributed by atoms with Crippen LogP contribution in [-0.2, 0) is 14.4 Å². The third-order valence-electron chi connectivity index (χ3n) is 1.31. The highest BCUT2D eigenvalue weighted by Crippen LogP contribution is 2.03. The molecule has 3 N–H and O–H groups in total. The van der Waals surface area contributed by atoms with Crippen molar-refractivity contribution in [3.05, 3.63) is 12.7 Å². The lowest BCUT2D eigenvalue weighted by Crippen LogP contribution is -2.41. The van der Waals surface area contributed by atoms with E-state index in [4.69, 9.17) is 10.2 Å². The van der Waals surface area contributed by atoms with E-state index < -0.39 is 23.9 Å². The van der Waals surface area contributed by atoms with Crippen molar-refractivity contribution in [2.75, 3.05) is 11.5 Å². The van der Waals surface area contributed by atoms with Gasteiger partial charge in [0.2, 0.25) is 5.91 Å². The third-order valence-corrected chi connectivity index (χ3v) is 2.33. The van der Waals surface area contributed by atoms with Crippen molar-refractivity contribution < 1.29 is 24.6 Å². The molecule has 0 spiro atoms. The van der Waals surface area contributed by atoms with Gasteiger partial charge in [0.25, 0.3) is 0 Å². The number of carbonyl (C=O) groups excluding carboxylic acids is 1. The summed E-state index contributed by atoms with van der Waals surface area (Å²) in [5.74, 6) is -3.03. The number of amides is 1. The first-order chi connectivity index (χ1) is 6.97. The molecule has 0 aliphatic carbocycles. The van der Waals surface area contributed by atoms with Crippen LogP contribution >= 0.6 is 11.8 Å². The second-order valence-corrected chi connectivity index (χ2v) is 3.54. The molecule has 0 aromatic rings. The summed E-state index contributed by atoms with van der Waals surface area (Å²) in [5.41, 5.74) is 0. The van der Waals surface area contributed by atoms with Gasteiger partial charge in [-0.1, -0.05) is 6.58 Å². The van der Waals surface area contributed by atoms with E-state index in [1.807, 2.05) is 0 Å². The van der Waals surface area contributed by atoms with Gasteiger partial charge in [-0.15, -0.1) is 11.8 Å². The Labute approximate surface area is 90.4 Å². The fourth-order valence-electron chi connectivity index (χ4n) is 0.669. The molecule has 0 rings (SSSR count). The standard InChI is InChI=1S/C8H11NO5S/c1-2-6(10)9-5(8(13)14)3-15-4-7(11)12/h2,5H,1,3-4H2,(H,9,10)(H,11,12)(H,13,14)/t5-/m0/s1. The highest BCUT2D eigenvalue weighted by Gasteiger charge is 2.18. The van der Waals surface area contributed by atoms with Crippen molar-refractivity contribution in [3.8, 4) is 0 Å². The van der Waals surface area contributed by atoms with Crippen LogP contribution in [0, 0.1) is 0 Å². The van der Waals surface area contributed by atoms with Crippen molar-refractivity contribution in [1.29, 1.82) is 0 Å². The van der Waals surface area contributed by atoms with E-state index in [1.165, 1.54) is 0 Å². The molecule has 0 saturated heterocycles. The second-order valence-electron chi connectivity index (χ2n) is 2.51. The molecule has 84 valence electrons. The summed E-state index contributed by atoms with van der Waals surface area (Å²) in [7, 11) is 0. The summed E-state index contributed by atoms with van der Waals surface area (Å²) < 4.78 is 0. The number of hydrogen-bond acceptors (Lipinski definition) is 4. The number of carboxylic acid groups (broad SMARTS) is 2. The molecule has 0 aromatic carbocycles. The van der Waals surface area contributed by atoms with Crippen molar-refractivity contribution in [3.63, 3.8) is 0 Å². The lowest BCUT2D eigenvalue weighted by atomic mass is 10.3. The van der Waals surface area contributed by atoms with E-state index in [2.05, 4.69) is 11.9 Å². The first kappa shape index (κ1) is 13.5. The van der Waals surface area contributed by atoms with Gasteiger partial charge in [0.05, 0.1) is 5.75 Å². The summed E-state index contributed by atoms with van der Waals surface area (Å²) in [6.07, 6.45) is 0.956. The molecule has 15 heavy (non-hydrogen) atoms. The van der Waals surface area contributed by atoms with E-state index in [9.17, 15) is 14.4 Å². The van der Waals surface area contributed by atoms with Crippen LogP contribution in [0.5, 0.6) is 0 Å². The van der Waals surface area contributed by atoms with E-state index in [0.29, 0.717) is 0 Å². The zero-order chi connectivity index (χ0) is 11.8. The molecule has 1 atom stereocenters. The van der Waals surface area contributed by atoms with Gasteiger partial charge >= 0.3 is 11.9 Å². The summed E-state index contributed by atoms with van der Waals surface area (Å²) in [4.78, 5) is 31.6. The van der Waals surface area contributed by atoms with Crippen LogP contribution < -0.4 is 5.32 Å². The smallest absolute Gasteiger partial charge is 0.327 e. The number of hydrogen-bond donors (Lipinski definition) is 3. The van der Waals surface area contributed by atoms with E-state index in [0.717, 1.165) is 17.8 Å². The SMILES string of the molecule is C=CC(=O)N[C@@H](CSCC(=O)O)C(=O)O. The molecule has 0 aliphatic rings. The number of carbonyl (C=O) groups is 3. The quantitative estimate of drug-likeness (QED) is 0.515. The van der Waals surface area contributed by atoms with Crippen LogP contribution in [0.1, 0.15) is 0 Å². The molecule has 0 bridgehead atoms. The van der Waals surface area contributed by atoms with Gasteiger partial charge in [0, 0.05) is 5.75 Å². The Balaban J connectivity index is 4.05. The topological polar surface area (TPSA) is 104 Å². The normalized spacial score (nSPS) is 11.5. The molecule has 0 unspecified atom stereocenters. The van der Waals surface area contributed by atoms with Gasteiger partial charge in [-0.05, 0) is 6.08 Å². The van der Waals surface area contributed by atoms with Crippen LogP contribution in [0.15, 0.2) is 12.7 Å². The summed E-state index contributed by atoms with van der Waals surface area (Å²) in [6.45, 7) is 3.18. The first-order valence-electron chi connectivity index (χ1n) is 3.92. The van der Waals surface area contributed by atoms with E-state index in [-0.39, 0.29) is 11.5 Å². The predicted molar refractivity (Wildman–Crippen MR) is 54.7 cm³/mol.